The van der Waals surface area contributed by atoms with Crippen molar-refractivity contribution in [2.45, 2.75) is 38.8 Å². The van der Waals surface area contributed by atoms with Crippen molar-refractivity contribution in [2.24, 2.45) is 0 Å². The summed E-state index contributed by atoms with van der Waals surface area (Å²) < 4.78 is 2.87. The minimum Gasteiger partial charge on any atom is -0.331 e. The van der Waals surface area contributed by atoms with Gasteiger partial charge in [0.25, 0.3) is 0 Å². The SMILES string of the molecule is CC(Cn1c(=S)[nH]c2ccc(C#N)cc21)N1CCCCC1. The number of piperidine rings is 1. The van der Waals surface area contributed by atoms with Crippen LogP contribution in [0, 0.1) is 16.1 Å². The van der Waals surface area contributed by atoms with E-state index in [0.717, 1.165) is 22.3 Å². The van der Waals surface area contributed by atoms with Crippen LogP contribution in [0.4, 0.5) is 0 Å². The number of hydrogen-bond donors (Lipinski definition) is 1. The van der Waals surface area contributed by atoms with Gasteiger partial charge in [-0.15, -0.1) is 0 Å². The van der Waals surface area contributed by atoms with Crippen molar-refractivity contribution in [1.82, 2.24) is 14.5 Å². The summed E-state index contributed by atoms with van der Waals surface area (Å²) >= 11 is 5.46. The smallest absolute Gasteiger partial charge is 0.178 e. The average Bonchev–Trinajstić information content (AvgIpc) is 2.83. The number of nitriles is 1. The molecule has 0 spiro atoms. The van der Waals surface area contributed by atoms with E-state index in [1.54, 1.807) is 0 Å². The summed E-state index contributed by atoms with van der Waals surface area (Å²) in [5.74, 6) is 0. The molecule has 1 aromatic carbocycles. The van der Waals surface area contributed by atoms with Crippen LogP contribution in [0.25, 0.3) is 11.0 Å². The van der Waals surface area contributed by atoms with Gasteiger partial charge < -0.3 is 9.55 Å². The Morgan fingerprint density at radius 2 is 2.10 bits per heavy atom. The van der Waals surface area contributed by atoms with Crippen molar-refractivity contribution in [2.75, 3.05) is 13.1 Å². The fourth-order valence-electron chi connectivity index (χ4n) is 3.14. The number of fused-ring (bicyclic) bond motifs is 1. The molecule has 0 radical (unpaired) electrons. The van der Waals surface area contributed by atoms with Gasteiger partial charge in [-0.2, -0.15) is 5.26 Å². The van der Waals surface area contributed by atoms with E-state index in [2.05, 4.69) is 27.4 Å². The minimum atomic E-state index is 0.460. The number of imidazole rings is 1. The predicted octanol–water partition coefficient (Wildman–Crippen LogP) is 3.44. The lowest BCUT2D eigenvalue weighted by Crippen LogP contribution is -2.39. The van der Waals surface area contributed by atoms with E-state index in [4.69, 9.17) is 17.5 Å². The molecule has 1 saturated heterocycles. The van der Waals surface area contributed by atoms with Crippen LogP contribution in [-0.4, -0.2) is 33.6 Å². The Balaban J connectivity index is 1.90. The molecule has 1 aliphatic rings. The first-order valence-corrected chi connectivity index (χ1v) is 7.96. The van der Waals surface area contributed by atoms with Crippen molar-refractivity contribution in [3.63, 3.8) is 0 Å². The number of aromatic nitrogens is 2. The summed E-state index contributed by atoms with van der Waals surface area (Å²) in [5.41, 5.74) is 2.71. The molecule has 0 bridgehead atoms. The predicted molar refractivity (Wildman–Crippen MR) is 86.7 cm³/mol. The summed E-state index contributed by atoms with van der Waals surface area (Å²) in [5, 5.41) is 9.08. The van der Waals surface area contributed by atoms with Crippen LogP contribution in [0.5, 0.6) is 0 Å². The van der Waals surface area contributed by atoms with Gasteiger partial charge in [0.1, 0.15) is 0 Å². The number of likely N-dealkylation sites (tertiary alicyclic amines) is 1. The number of nitrogens with zero attached hydrogens (tertiary/aromatic N) is 3. The van der Waals surface area contributed by atoms with Crippen LogP contribution in [0.2, 0.25) is 0 Å². The molecule has 2 heterocycles. The lowest BCUT2D eigenvalue weighted by Gasteiger charge is -2.32. The fourth-order valence-corrected chi connectivity index (χ4v) is 3.43. The van der Waals surface area contributed by atoms with Crippen molar-refractivity contribution < 1.29 is 0 Å². The third-order valence-electron chi connectivity index (χ3n) is 4.37. The Kier molecular flexibility index (Phi) is 4.09. The van der Waals surface area contributed by atoms with Crippen molar-refractivity contribution >= 4 is 23.3 Å². The Morgan fingerprint density at radius 3 is 2.81 bits per heavy atom. The van der Waals surface area contributed by atoms with Crippen LogP contribution in [-0.2, 0) is 6.54 Å². The zero-order chi connectivity index (χ0) is 14.8. The third-order valence-corrected chi connectivity index (χ3v) is 4.69. The van der Waals surface area contributed by atoms with E-state index in [1.165, 1.54) is 32.4 Å². The van der Waals surface area contributed by atoms with Crippen molar-refractivity contribution in [3.05, 3.63) is 28.5 Å². The molecule has 0 aliphatic carbocycles. The molecule has 0 saturated carbocycles. The molecule has 1 fully saturated rings. The minimum absolute atomic E-state index is 0.460. The molecule has 3 rings (SSSR count). The monoisotopic (exact) mass is 300 g/mol. The lowest BCUT2D eigenvalue weighted by atomic mass is 10.1. The maximum atomic E-state index is 9.08. The van der Waals surface area contributed by atoms with Crippen LogP contribution >= 0.6 is 12.2 Å². The van der Waals surface area contributed by atoms with E-state index in [0.29, 0.717) is 11.6 Å². The topological polar surface area (TPSA) is 47.8 Å². The second-order valence-corrected chi connectivity index (χ2v) is 6.22. The molecule has 110 valence electrons. The number of benzene rings is 1. The summed E-state index contributed by atoms with van der Waals surface area (Å²) in [7, 11) is 0. The van der Waals surface area contributed by atoms with Crippen LogP contribution in [0.1, 0.15) is 31.7 Å². The molecule has 0 amide bonds. The van der Waals surface area contributed by atoms with Gasteiger partial charge >= 0.3 is 0 Å². The van der Waals surface area contributed by atoms with E-state index < -0.39 is 0 Å². The van der Waals surface area contributed by atoms with Gasteiger partial charge in [0.15, 0.2) is 4.77 Å². The lowest BCUT2D eigenvalue weighted by molar-refractivity contribution is 0.160. The summed E-state index contributed by atoms with van der Waals surface area (Å²) in [6, 6.07) is 8.34. The molecule has 1 atom stereocenters. The molecule has 2 aromatic rings. The first-order valence-electron chi connectivity index (χ1n) is 7.56. The zero-order valence-corrected chi connectivity index (χ0v) is 13.1. The Morgan fingerprint density at radius 1 is 1.33 bits per heavy atom. The number of hydrogen-bond acceptors (Lipinski definition) is 3. The first kappa shape index (κ1) is 14.3. The van der Waals surface area contributed by atoms with Gasteiger partial charge in [-0.25, -0.2) is 0 Å². The second kappa shape index (κ2) is 6.00. The van der Waals surface area contributed by atoms with E-state index in [-0.39, 0.29) is 0 Å². The maximum absolute atomic E-state index is 9.08. The Bertz CT molecular complexity index is 731. The van der Waals surface area contributed by atoms with Gasteiger partial charge in [0.2, 0.25) is 0 Å². The fraction of sp³-hybridized carbons (Fsp3) is 0.500. The summed E-state index contributed by atoms with van der Waals surface area (Å²) in [4.78, 5) is 5.78. The Labute approximate surface area is 130 Å². The van der Waals surface area contributed by atoms with Gasteiger partial charge in [0.05, 0.1) is 22.7 Å². The average molecular weight is 300 g/mol. The normalized spacial score (nSPS) is 17.7. The maximum Gasteiger partial charge on any atom is 0.178 e. The van der Waals surface area contributed by atoms with Crippen molar-refractivity contribution in [1.29, 1.82) is 5.26 Å². The second-order valence-electron chi connectivity index (χ2n) is 5.83. The van der Waals surface area contributed by atoms with Gasteiger partial charge in [-0.3, -0.25) is 4.90 Å². The van der Waals surface area contributed by atoms with Crippen LogP contribution in [0.3, 0.4) is 0 Å². The molecule has 5 heteroatoms. The van der Waals surface area contributed by atoms with Gasteiger partial charge in [-0.1, -0.05) is 6.42 Å². The number of rotatable bonds is 3. The molecule has 1 aliphatic heterocycles. The number of nitrogens with one attached hydrogen (secondary N) is 1. The van der Waals surface area contributed by atoms with Crippen molar-refractivity contribution in [3.8, 4) is 6.07 Å². The highest BCUT2D eigenvalue weighted by Crippen LogP contribution is 2.19. The van der Waals surface area contributed by atoms with Gasteiger partial charge in [-0.05, 0) is 63.3 Å². The van der Waals surface area contributed by atoms with Gasteiger partial charge in [0, 0.05) is 12.6 Å². The molecule has 1 N–H and O–H groups in total. The Hall–Kier alpha value is -1.64. The first-order chi connectivity index (χ1) is 10.2. The summed E-state index contributed by atoms with van der Waals surface area (Å²) in [6.07, 6.45) is 3.94. The molecule has 1 aromatic heterocycles. The highest BCUT2D eigenvalue weighted by molar-refractivity contribution is 7.71. The third kappa shape index (κ3) is 2.87. The quantitative estimate of drug-likeness (QED) is 0.883. The van der Waals surface area contributed by atoms with Crippen LogP contribution in [0.15, 0.2) is 18.2 Å². The highest BCUT2D eigenvalue weighted by atomic mass is 32.1. The number of H-pyrrole nitrogens is 1. The molecular formula is C16H20N4S. The molecular weight excluding hydrogens is 280 g/mol. The largest absolute Gasteiger partial charge is 0.331 e. The van der Waals surface area contributed by atoms with E-state index >= 15 is 0 Å². The molecule has 1 unspecified atom stereocenters. The number of aromatic amines is 1. The van der Waals surface area contributed by atoms with E-state index in [1.807, 2.05) is 18.2 Å². The standard InChI is InChI=1S/C16H20N4S/c1-12(19-7-3-2-4-8-19)11-20-15-9-13(10-17)5-6-14(15)18-16(20)21/h5-6,9,12H,2-4,7-8,11H2,1H3,(H,18,21). The van der Waals surface area contributed by atoms with Crippen LogP contribution < -0.4 is 0 Å². The molecule has 4 nitrogen and oxygen atoms in total. The van der Waals surface area contributed by atoms with E-state index in [9.17, 15) is 0 Å². The zero-order valence-electron chi connectivity index (χ0n) is 12.3. The highest BCUT2D eigenvalue weighted by Gasteiger charge is 2.18. The molecule has 21 heavy (non-hydrogen) atoms. The summed E-state index contributed by atoms with van der Waals surface area (Å²) in [6.45, 7) is 5.49.